The third kappa shape index (κ3) is 4.15. The molecule has 2 aromatic rings. The lowest BCUT2D eigenvalue weighted by molar-refractivity contribution is -0.147. The number of amides is 1. The molecule has 2 aromatic carbocycles. The monoisotopic (exact) mass is 368 g/mol. The smallest absolute Gasteiger partial charge is 0.252 e. The molecule has 1 amide bonds. The summed E-state index contributed by atoms with van der Waals surface area (Å²) in [5.74, 6) is 0.812. The lowest BCUT2D eigenvalue weighted by atomic mass is 9.90. The van der Waals surface area contributed by atoms with Crippen LogP contribution >= 0.6 is 0 Å². The van der Waals surface area contributed by atoms with Crippen molar-refractivity contribution >= 4 is 5.91 Å². The number of piperidine rings is 1. The van der Waals surface area contributed by atoms with Crippen LogP contribution in [0.4, 0.5) is 0 Å². The van der Waals surface area contributed by atoms with E-state index < -0.39 is 5.60 Å². The van der Waals surface area contributed by atoms with Crippen LogP contribution in [0, 0.1) is 0 Å². The summed E-state index contributed by atoms with van der Waals surface area (Å²) in [7, 11) is 3.30. The zero-order valence-corrected chi connectivity index (χ0v) is 16.2. The van der Waals surface area contributed by atoms with Gasteiger partial charge in [0, 0.05) is 12.7 Å². The van der Waals surface area contributed by atoms with Gasteiger partial charge in [-0.3, -0.25) is 4.79 Å². The molecule has 1 fully saturated rings. The molecule has 3 rings (SSSR count). The second kappa shape index (κ2) is 8.55. The van der Waals surface area contributed by atoms with Crippen LogP contribution in [0.2, 0.25) is 0 Å². The molecular formula is C22H28N2O3. The van der Waals surface area contributed by atoms with Gasteiger partial charge in [0.15, 0.2) is 0 Å². The Balaban J connectivity index is 1.72. The average Bonchev–Trinajstić information content (AvgIpc) is 2.74. The van der Waals surface area contributed by atoms with Crippen molar-refractivity contribution in [2.24, 2.45) is 0 Å². The van der Waals surface area contributed by atoms with E-state index in [1.807, 2.05) is 31.2 Å². The second-order valence-corrected chi connectivity index (χ2v) is 6.97. The van der Waals surface area contributed by atoms with E-state index in [1.54, 1.807) is 14.2 Å². The molecule has 1 atom stereocenters. The first kappa shape index (κ1) is 19.4. The minimum atomic E-state index is -0.725. The molecule has 0 radical (unpaired) electrons. The first-order chi connectivity index (χ1) is 13.1. The Labute approximate surface area is 161 Å². The summed E-state index contributed by atoms with van der Waals surface area (Å²) in [5, 5.41) is 6.40. The Morgan fingerprint density at radius 3 is 2.37 bits per heavy atom. The Hall–Kier alpha value is -2.37. The summed E-state index contributed by atoms with van der Waals surface area (Å²) < 4.78 is 11.1. The van der Waals surface area contributed by atoms with Crippen LogP contribution in [0.25, 0.3) is 11.1 Å². The molecule has 1 aliphatic heterocycles. The summed E-state index contributed by atoms with van der Waals surface area (Å²) in [6.07, 6.45) is 1.38. The summed E-state index contributed by atoms with van der Waals surface area (Å²) in [6, 6.07) is 16.1. The summed E-state index contributed by atoms with van der Waals surface area (Å²) >= 11 is 0. The fourth-order valence-corrected chi connectivity index (χ4v) is 3.60. The second-order valence-electron chi connectivity index (χ2n) is 6.97. The first-order valence-corrected chi connectivity index (χ1v) is 9.40. The van der Waals surface area contributed by atoms with Gasteiger partial charge in [-0.1, -0.05) is 42.5 Å². The van der Waals surface area contributed by atoms with E-state index in [9.17, 15) is 4.79 Å². The van der Waals surface area contributed by atoms with E-state index >= 15 is 0 Å². The molecule has 0 spiro atoms. The highest BCUT2D eigenvalue weighted by molar-refractivity contribution is 5.85. The predicted molar refractivity (Wildman–Crippen MR) is 107 cm³/mol. The van der Waals surface area contributed by atoms with Gasteiger partial charge in [0.1, 0.15) is 11.4 Å². The van der Waals surface area contributed by atoms with Crippen molar-refractivity contribution < 1.29 is 14.3 Å². The van der Waals surface area contributed by atoms with Crippen LogP contribution < -0.4 is 15.4 Å². The molecule has 1 heterocycles. The van der Waals surface area contributed by atoms with Crippen LogP contribution in [0.5, 0.6) is 5.75 Å². The van der Waals surface area contributed by atoms with Gasteiger partial charge in [0.05, 0.1) is 13.2 Å². The SMILES string of the molecule is COc1ccccc1-c1ccc(C(C)NC(=O)C2(OC)CCNCC2)cc1. The number of carbonyl (C=O) groups excluding carboxylic acids is 1. The van der Waals surface area contributed by atoms with Gasteiger partial charge in [-0.2, -0.15) is 0 Å². The molecule has 0 saturated carbocycles. The maximum absolute atomic E-state index is 12.8. The predicted octanol–water partition coefficient (Wildman–Crippen LogP) is 3.31. The van der Waals surface area contributed by atoms with Gasteiger partial charge < -0.3 is 20.1 Å². The number of ether oxygens (including phenoxy) is 2. The maximum atomic E-state index is 12.8. The van der Waals surface area contributed by atoms with Crippen LogP contribution in [-0.4, -0.2) is 38.8 Å². The van der Waals surface area contributed by atoms with E-state index in [4.69, 9.17) is 9.47 Å². The largest absolute Gasteiger partial charge is 0.496 e. The normalized spacial score (nSPS) is 17.1. The van der Waals surface area contributed by atoms with Gasteiger partial charge in [-0.15, -0.1) is 0 Å². The van der Waals surface area contributed by atoms with Crippen molar-refractivity contribution in [1.82, 2.24) is 10.6 Å². The molecular weight excluding hydrogens is 340 g/mol. The third-order valence-corrected chi connectivity index (χ3v) is 5.39. The quantitative estimate of drug-likeness (QED) is 0.821. The lowest BCUT2D eigenvalue weighted by Crippen LogP contribution is -2.54. The minimum Gasteiger partial charge on any atom is -0.496 e. The standard InChI is InChI=1S/C22H28N2O3/c1-16(24-21(25)22(27-3)12-14-23-15-13-22)17-8-10-18(11-9-17)19-6-4-5-7-20(19)26-2/h4-11,16,23H,12-15H2,1-3H3,(H,24,25). The van der Waals surface area contributed by atoms with Gasteiger partial charge in [0.25, 0.3) is 5.91 Å². The number of nitrogens with one attached hydrogen (secondary N) is 2. The van der Waals surface area contributed by atoms with E-state index in [2.05, 4.69) is 34.9 Å². The molecule has 0 bridgehead atoms. The highest BCUT2D eigenvalue weighted by Crippen LogP contribution is 2.30. The Morgan fingerprint density at radius 2 is 1.74 bits per heavy atom. The highest BCUT2D eigenvalue weighted by atomic mass is 16.5. The van der Waals surface area contributed by atoms with Crippen LogP contribution in [0.15, 0.2) is 48.5 Å². The molecule has 1 unspecified atom stereocenters. The van der Waals surface area contributed by atoms with Crippen molar-refractivity contribution in [2.45, 2.75) is 31.4 Å². The van der Waals surface area contributed by atoms with Crippen molar-refractivity contribution in [3.05, 3.63) is 54.1 Å². The fourth-order valence-electron chi connectivity index (χ4n) is 3.60. The Morgan fingerprint density at radius 1 is 1.07 bits per heavy atom. The molecule has 2 N–H and O–H groups in total. The Kier molecular flexibility index (Phi) is 6.14. The maximum Gasteiger partial charge on any atom is 0.252 e. The third-order valence-electron chi connectivity index (χ3n) is 5.39. The molecule has 1 saturated heterocycles. The molecule has 1 aliphatic rings. The molecule has 5 heteroatoms. The molecule has 144 valence electrons. The van der Waals surface area contributed by atoms with Crippen molar-refractivity contribution in [3.63, 3.8) is 0 Å². The molecule has 0 aromatic heterocycles. The number of para-hydroxylation sites is 1. The number of hydrogen-bond acceptors (Lipinski definition) is 4. The number of hydrogen-bond donors (Lipinski definition) is 2. The highest BCUT2D eigenvalue weighted by Gasteiger charge is 2.40. The molecule has 5 nitrogen and oxygen atoms in total. The first-order valence-electron chi connectivity index (χ1n) is 9.40. The molecule has 0 aliphatic carbocycles. The number of carbonyl (C=O) groups is 1. The topological polar surface area (TPSA) is 59.6 Å². The zero-order chi connectivity index (χ0) is 19.3. The van der Waals surface area contributed by atoms with Crippen LogP contribution in [0.1, 0.15) is 31.4 Å². The summed E-state index contributed by atoms with van der Waals surface area (Å²) in [5.41, 5.74) is 2.47. The van der Waals surface area contributed by atoms with Gasteiger partial charge >= 0.3 is 0 Å². The average molecular weight is 368 g/mol. The lowest BCUT2D eigenvalue weighted by Gasteiger charge is -2.35. The van der Waals surface area contributed by atoms with Crippen LogP contribution in [0.3, 0.4) is 0 Å². The number of benzene rings is 2. The minimum absolute atomic E-state index is 0.0344. The van der Waals surface area contributed by atoms with Crippen molar-refractivity contribution in [2.75, 3.05) is 27.3 Å². The summed E-state index contributed by atoms with van der Waals surface area (Å²) in [6.45, 7) is 3.59. The van der Waals surface area contributed by atoms with E-state index in [1.165, 1.54) is 0 Å². The Bertz CT molecular complexity index is 767. The number of rotatable bonds is 6. The fraction of sp³-hybridized carbons (Fsp3) is 0.409. The van der Waals surface area contributed by atoms with E-state index in [0.717, 1.165) is 35.5 Å². The zero-order valence-electron chi connectivity index (χ0n) is 16.2. The van der Waals surface area contributed by atoms with Crippen LogP contribution in [-0.2, 0) is 9.53 Å². The van der Waals surface area contributed by atoms with Crippen molar-refractivity contribution in [1.29, 1.82) is 0 Å². The van der Waals surface area contributed by atoms with E-state index in [-0.39, 0.29) is 11.9 Å². The molecule has 27 heavy (non-hydrogen) atoms. The summed E-state index contributed by atoms with van der Waals surface area (Å²) in [4.78, 5) is 12.8. The van der Waals surface area contributed by atoms with Crippen molar-refractivity contribution in [3.8, 4) is 16.9 Å². The van der Waals surface area contributed by atoms with E-state index in [0.29, 0.717) is 12.8 Å². The van der Waals surface area contributed by atoms with Gasteiger partial charge in [-0.05, 0) is 50.0 Å². The van der Waals surface area contributed by atoms with Gasteiger partial charge in [-0.25, -0.2) is 0 Å². The number of methoxy groups -OCH3 is 2. The van der Waals surface area contributed by atoms with Gasteiger partial charge in [0.2, 0.25) is 0 Å².